The molecule has 0 fully saturated rings. The number of hydrogen-bond acceptors (Lipinski definition) is 14. The van der Waals surface area contributed by atoms with E-state index >= 15 is 0 Å². The molecular formula is C55H70N3O15P. The second kappa shape index (κ2) is 45.0. The highest BCUT2D eigenvalue weighted by molar-refractivity contribution is 7.47. The molecular weight excluding hydrogens is 974 g/mol. The van der Waals surface area contributed by atoms with Crippen molar-refractivity contribution in [1.29, 1.82) is 0 Å². The quantitative estimate of drug-likeness (QED) is 0.0127. The van der Waals surface area contributed by atoms with Gasteiger partial charge in [-0.3, -0.25) is 37.8 Å². The largest absolute Gasteiger partial charge is 0.472 e. The molecule has 0 spiro atoms. The van der Waals surface area contributed by atoms with Crippen molar-refractivity contribution in [1.82, 2.24) is 16.0 Å². The molecule has 2 atom stereocenters. The molecule has 18 nitrogen and oxygen atoms in total. The molecule has 0 bridgehead atoms. The lowest BCUT2D eigenvalue weighted by atomic mass is 9.99. The van der Waals surface area contributed by atoms with Crippen LogP contribution in [-0.2, 0) is 66.1 Å². The monoisotopic (exact) mass is 1040 g/mol. The highest BCUT2D eigenvalue weighted by Crippen LogP contribution is 2.43. The number of allylic oxidation sites excluding steroid dienone is 2. The Morgan fingerprint density at radius 1 is 0.608 bits per heavy atom. The highest BCUT2D eigenvalue weighted by Gasteiger charge is 2.28. The minimum atomic E-state index is -4.75. The Morgan fingerprint density at radius 3 is 1.58 bits per heavy atom. The van der Waals surface area contributed by atoms with Gasteiger partial charge >= 0.3 is 19.8 Å². The van der Waals surface area contributed by atoms with Crippen LogP contribution in [0.3, 0.4) is 0 Å². The van der Waals surface area contributed by atoms with E-state index in [9.17, 15) is 43.0 Å². The van der Waals surface area contributed by atoms with Gasteiger partial charge in [-0.05, 0) is 94.6 Å². The van der Waals surface area contributed by atoms with Gasteiger partial charge in [0.2, 0.25) is 17.7 Å². The molecule has 1 aliphatic carbocycles. The van der Waals surface area contributed by atoms with Crippen molar-refractivity contribution in [3.63, 3.8) is 0 Å². The fourth-order valence-corrected chi connectivity index (χ4v) is 7.07. The van der Waals surface area contributed by atoms with E-state index in [1.807, 2.05) is 0 Å². The zero-order chi connectivity index (χ0) is 54.2. The minimum Gasteiger partial charge on any atom is -0.458 e. The van der Waals surface area contributed by atoms with E-state index in [1.165, 1.54) is 63.5 Å². The molecule has 1 aliphatic rings. The number of carbonyl (C=O) groups is 7. The minimum absolute atomic E-state index is 0.0525. The number of unbranched alkanes of at least 4 members (excludes halogenated alkanes) is 12. The maximum atomic E-state index is 12.7. The second-order valence-corrected chi connectivity index (χ2v) is 17.6. The Bertz CT molecular complexity index is 2400. The molecule has 2 unspecified atom stereocenters. The summed E-state index contributed by atoms with van der Waals surface area (Å²) in [6.45, 7) is 4.99. The summed E-state index contributed by atoms with van der Waals surface area (Å²) < 4.78 is 44.0. The van der Waals surface area contributed by atoms with Gasteiger partial charge in [0.15, 0.2) is 17.7 Å². The van der Waals surface area contributed by atoms with E-state index < -0.39 is 63.4 Å². The smallest absolute Gasteiger partial charge is 0.458 e. The first kappa shape index (κ1) is 65.4. The van der Waals surface area contributed by atoms with Gasteiger partial charge < -0.3 is 39.8 Å². The van der Waals surface area contributed by atoms with Crippen molar-refractivity contribution in [2.24, 2.45) is 5.92 Å². The van der Waals surface area contributed by atoms with Gasteiger partial charge in [-0.2, -0.15) is 0 Å². The van der Waals surface area contributed by atoms with E-state index in [-0.39, 0.29) is 95.6 Å². The number of phosphoric ester groups is 1. The number of esters is 2. The third kappa shape index (κ3) is 39.9. The number of ketones is 2. The molecule has 0 aromatic carbocycles. The topological polar surface area (TPSA) is 248 Å². The van der Waals surface area contributed by atoms with Gasteiger partial charge in [0, 0.05) is 45.3 Å². The first-order chi connectivity index (χ1) is 35.9. The molecule has 3 amide bonds. The Labute approximate surface area is 434 Å². The molecule has 0 radical (unpaired) electrons. The third-order valence-corrected chi connectivity index (χ3v) is 11.1. The van der Waals surface area contributed by atoms with Crippen LogP contribution in [-0.4, -0.2) is 118 Å². The van der Waals surface area contributed by atoms with Gasteiger partial charge in [0.1, 0.15) is 6.61 Å². The van der Waals surface area contributed by atoms with E-state index in [4.69, 9.17) is 28.0 Å². The zero-order valence-electron chi connectivity index (χ0n) is 42.5. The lowest BCUT2D eigenvalue weighted by Crippen LogP contribution is -2.31. The summed E-state index contributed by atoms with van der Waals surface area (Å²) >= 11 is 0. The zero-order valence-corrected chi connectivity index (χ0v) is 43.4. The number of amides is 3. The van der Waals surface area contributed by atoms with Crippen LogP contribution in [0.25, 0.3) is 0 Å². The lowest BCUT2D eigenvalue weighted by molar-refractivity contribution is -0.159. The molecule has 0 aliphatic heterocycles. The standard InChI is InChI=1S/C55H70N3O15P/c1-3-5-7-9-11-13-15-17-19-21-23-25-27-29-54(64)70-45-47(73-55(65)30-28-26-24-22-20-18-16-14-12-10-8-6-4-2)46-72-74(66,67)71-42-39-58-53(63)36-35-52(62)57-38-41-69-44-43-68-40-37-56-51(61)34-31-48-49(59)32-33-50(48)60/h29,32-33,47-48H,1,4,6,8,10,12,14,16,18,20,22,24,26,28,30-31,34-46H2,2H3,(H,56,61)(H,57,62)(H,58,63)(H,66,67). The van der Waals surface area contributed by atoms with Gasteiger partial charge in [0.25, 0.3) is 0 Å². The van der Waals surface area contributed by atoms with Crippen molar-refractivity contribution in [3.8, 4) is 0 Å². The number of carbonyl (C=O) groups excluding carboxylic acids is 7. The van der Waals surface area contributed by atoms with Gasteiger partial charge in [0.05, 0.1) is 51.6 Å². The Morgan fingerprint density at radius 2 is 1.07 bits per heavy atom. The average molecular weight is 1040 g/mol. The van der Waals surface area contributed by atoms with Crippen LogP contribution in [0.15, 0.2) is 99.3 Å². The number of nitrogens with one attached hydrogen (secondary N) is 3. The summed E-state index contributed by atoms with van der Waals surface area (Å²) in [5, 5.41) is 7.74. The molecule has 0 saturated carbocycles. The Balaban J connectivity index is 2.46. The van der Waals surface area contributed by atoms with Gasteiger partial charge in [-0.15, -0.1) is 0 Å². The summed E-state index contributed by atoms with van der Waals surface area (Å²) in [6.07, 6.45) is 16.8. The molecule has 74 heavy (non-hydrogen) atoms. The van der Waals surface area contributed by atoms with E-state index in [0.717, 1.165) is 31.8 Å². The van der Waals surface area contributed by atoms with Crippen LogP contribution in [0.5, 0.6) is 0 Å². The van der Waals surface area contributed by atoms with E-state index in [1.54, 1.807) is 0 Å². The number of rotatable bonds is 40. The van der Waals surface area contributed by atoms with Crippen LogP contribution in [0, 0.1) is 5.92 Å². The molecule has 4 N–H and O–H groups in total. The first-order valence-electron chi connectivity index (χ1n) is 24.9. The summed E-state index contributed by atoms with van der Waals surface area (Å²) in [5.41, 5.74) is 31.6. The highest BCUT2D eigenvalue weighted by atomic mass is 31.2. The van der Waals surface area contributed by atoms with Gasteiger partial charge in [-0.25, -0.2) is 9.36 Å². The van der Waals surface area contributed by atoms with Crippen molar-refractivity contribution in [2.45, 2.75) is 129 Å². The van der Waals surface area contributed by atoms with E-state index in [0.29, 0.717) is 6.42 Å². The van der Waals surface area contributed by atoms with Crippen LogP contribution < -0.4 is 16.0 Å². The fourth-order valence-electron chi connectivity index (χ4n) is 6.32. The lowest BCUT2D eigenvalue weighted by Gasteiger charge is -2.19. The average Bonchev–Trinajstić information content (AvgIpc) is 3.70. The molecule has 400 valence electrons. The number of hydrogen-bond donors (Lipinski definition) is 4. The summed E-state index contributed by atoms with van der Waals surface area (Å²) in [7, 11) is -4.75. The Kier molecular flexibility index (Phi) is 39.7. The maximum absolute atomic E-state index is 12.7. The maximum Gasteiger partial charge on any atom is 0.472 e. The molecule has 0 aromatic heterocycles. The molecule has 19 heteroatoms. The third-order valence-electron chi connectivity index (χ3n) is 10.1. The van der Waals surface area contributed by atoms with Gasteiger partial charge in [-0.1, -0.05) is 95.4 Å². The van der Waals surface area contributed by atoms with Crippen LogP contribution >= 0.6 is 7.82 Å². The molecule has 0 heterocycles. The number of ether oxygens (including phenoxy) is 4. The predicted molar refractivity (Wildman–Crippen MR) is 271 cm³/mol. The molecule has 0 saturated heterocycles. The first-order valence-corrected chi connectivity index (χ1v) is 26.4. The Hall–Kier alpha value is -6.66. The van der Waals surface area contributed by atoms with Crippen molar-refractivity contribution in [3.05, 3.63) is 99.3 Å². The number of phosphoric acid groups is 1. The second-order valence-electron chi connectivity index (χ2n) is 16.2. The summed E-state index contributed by atoms with van der Waals surface area (Å²) in [6, 6.07) is 0. The van der Waals surface area contributed by atoms with E-state index in [2.05, 4.69) is 104 Å². The van der Waals surface area contributed by atoms with Crippen LogP contribution in [0.1, 0.15) is 122 Å². The van der Waals surface area contributed by atoms with Crippen molar-refractivity contribution >= 4 is 49.0 Å². The molecule has 1 rings (SSSR count). The molecule has 0 aromatic rings. The SMILES string of the molecule is C=C=C=C=C=C=C=C=C=C=C=C=C=C=CC(=O)OCC(COP(=O)(O)OCCNC(=O)CCC(=O)NCCOCCOCCNC(=O)CCC1C(=O)C=CC1=O)OC(=O)CCCCCCCCCCCCCCC. The van der Waals surface area contributed by atoms with Crippen LogP contribution in [0.4, 0.5) is 0 Å². The summed E-state index contributed by atoms with van der Waals surface area (Å²) in [4.78, 5) is 94.9. The summed E-state index contributed by atoms with van der Waals surface area (Å²) in [5.74, 6) is -4.06. The van der Waals surface area contributed by atoms with Crippen LogP contribution in [0.2, 0.25) is 0 Å². The van der Waals surface area contributed by atoms with Crippen molar-refractivity contribution < 1.29 is 71.0 Å². The fraction of sp³-hybridized carbons (Fsp3) is 0.564. The van der Waals surface area contributed by atoms with Crippen molar-refractivity contribution in [2.75, 3.05) is 65.9 Å². The predicted octanol–water partition coefficient (Wildman–Crippen LogP) is 6.53. The normalized spacial score (nSPS) is 12.2.